The van der Waals surface area contributed by atoms with Gasteiger partial charge in [0.2, 0.25) is 0 Å². The minimum atomic E-state index is -0.378. The topological polar surface area (TPSA) is 101 Å². The number of unbranched alkanes of at least 4 members (excludes halogenated alkanes) is 1. The third kappa shape index (κ3) is 10.7. The third-order valence-corrected chi connectivity index (χ3v) is 8.59. The van der Waals surface area contributed by atoms with Crippen LogP contribution in [0.5, 0.6) is 11.5 Å². The highest BCUT2D eigenvalue weighted by molar-refractivity contribution is 5.69. The molecule has 0 amide bonds. The highest BCUT2D eigenvalue weighted by Gasteiger charge is 2.31. The van der Waals surface area contributed by atoms with E-state index in [1.807, 2.05) is 12.1 Å². The van der Waals surface area contributed by atoms with Gasteiger partial charge in [-0.3, -0.25) is 9.59 Å². The third-order valence-electron chi connectivity index (χ3n) is 8.59. The van der Waals surface area contributed by atoms with Gasteiger partial charge in [0.25, 0.3) is 0 Å². The highest BCUT2D eigenvalue weighted by atomic mass is 16.6. The summed E-state index contributed by atoms with van der Waals surface area (Å²) in [7, 11) is 0. The molecule has 8 nitrogen and oxygen atoms in total. The molecule has 2 unspecified atom stereocenters. The number of phenolic OH excluding ortho intramolecular Hbond substituents is 1. The number of carbonyl (C=O) groups is 2. The minimum Gasteiger partial charge on any atom is -0.508 e. The van der Waals surface area contributed by atoms with E-state index in [9.17, 15) is 14.7 Å². The van der Waals surface area contributed by atoms with Crippen molar-refractivity contribution in [2.75, 3.05) is 33.0 Å². The number of hydrogen-bond acceptors (Lipinski definition) is 8. The summed E-state index contributed by atoms with van der Waals surface area (Å²) >= 11 is 0. The van der Waals surface area contributed by atoms with Crippen molar-refractivity contribution in [2.24, 2.45) is 0 Å². The lowest BCUT2D eigenvalue weighted by Crippen LogP contribution is -2.23. The molecule has 2 aliphatic heterocycles. The molecule has 0 bridgehead atoms. The van der Waals surface area contributed by atoms with Gasteiger partial charge in [0.15, 0.2) is 0 Å². The van der Waals surface area contributed by atoms with Crippen LogP contribution in [0.1, 0.15) is 123 Å². The molecule has 0 radical (unpaired) electrons. The summed E-state index contributed by atoms with van der Waals surface area (Å²) < 4.78 is 28.2. The first-order valence-corrected chi connectivity index (χ1v) is 16.1. The Balaban J connectivity index is 1.60. The van der Waals surface area contributed by atoms with Gasteiger partial charge in [0, 0.05) is 37.2 Å². The molecule has 2 fully saturated rings. The zero-order valence-electron chi connectivity index (χ0n) is 26.6. The minimum absolute atomic E-state index is 0.0294. The standard InChI is InChI=1S/C34H54O8/c1-6-7-18-40-30-22-27(33(2,3)16-8-14-31(36)41-23-25-12-10-19-38-25)29(35)21-28(30)34(4,5)17-9-15-32(37)42-24-26-13-11-20-39-26/h21-22,25-26,35H,6-20,23-24H2,1-5H3. The number of rotatable bonds is 18. The summed E-state index contributed by atoms with van der Waals surface area (Å²) in [6, 6.07) is 3.82. The van der Waals surface area contributed by atoms with Gasteiger partial charge in [-0.15, -0.1) is 0 Å². The molecule has 238 valence electrons. The van der Waals surface area contributed by atoms with Gasteiger partial charge in [-0.1, -0.05) is 41.0 Å². The summed E-state index contributed by atoms with van der Waals surface area (Å²) in [6.07, 6.45) is 9.39. The Morgan fingerprint density at radius 1 is 0.833 bits per heavy atom. The summed E-state index contributed by atoms with van der Waals surface area (Å²) in [4.78, 5) is 24.6. The maximum atomic E-state index is 12.3. The van der Waals surface area contributed by atoms with Crippen molar-refractivity contribution in [2.45, 2.75) is 135 Å². The fourth-order valence-electron chi connectivity index (χ4n) is 5.77. The number of ether oxygens (including phenoxy) is 5. The second-order valence-corrected chi connectivity index (χ2v) is 13.2. The second kappa shape index (κ2) is 16.5. The summed E-state index contributed by atoms with van der Waals surface area (Å²) in [6.45, 7) is 13.3. The van der Waals surface area contributed by atoms with E-state index in [0.717, 1.165) is 75.0 Å². The van der Waals surface area contributed by atoms with Crippen molar-refractivity contribution in [3.63, 3.8) is 0 Å². The number of esters is 2. The van der Waals surface area contributed by atoms with Gasteiger partial charge >= 0.3 is 11.9 Å². The number of phenols is 1. The van der Waals surface area contributed by atoms with Gasteiger partial charge in [0.1, 0.15) is 24.7 Å². The summed E-state index contributed by atoms with van der Waals surface area (Å²) in [5, 5.41) is 11.2. The van der Waals surface area contributed by atoms with Crippen molar-refractivity contribution in [3.8, 4) is 11.5 Å². The number of aromatic hydroxyl groups is 1. The van der Waals surface area contributed by atoms with Crippen molar-refractivity contribution in [3.05, 3.63) is 23.3 Å². The largest absolute Gasteiger partial charge is 0.508 e. The van der Waals surface area contributed by atoms with E-state index < -0.39 is 0 Å². The van der Waals surface area contributed by atoms with Crippen LogP contribution in [0, 0.1) is 0 Å². The lowest BCUT2D eigenvalue weighted by molar-refractivity contribution is -0.147. The Kier molecular flexibility index (Phi) is 13.4. The first-order valence-electron chi connectivity index (χ1n) is 16.1. The predicted octanol–water partition coefficient (Wildman–Crippen LogP) is 6.91. The van der Waals surface area contributed by atoms with Crippen molar-refractivity contribution < 1.29 is 38.4 Å². The lowest BCUT2D eigenvalue weighted by Gasteiger charge is -2.32. The van der Waals surface area contributed by atoms with Gasteiger partial charge in [0.05, 0.1) is 18.8 Å². The molecular weight excluding hydrogens is 536 g/mol. The van der Waals surface area contributed by atoms with Gasteiger partial charge in [-0.25, -0.2) is 0 Å². The summed E-state index contributed by atoms with van der Waals surface area (Å²) in [5.74, 6) is 0.590. The van der Waals surface area contributed by atoms with E-state index >= 15 is 0 Å². The van der Waals surface area contributed by atoms with Crippen LogP contribution in [0.25, 0.3) is 0 Å². The normalized spacial score (nSPS) is 19.2. The van der Waals surface area contributed by atoms with Crippen LogP contribution < -0.4 is 4.74 Å². The average Bonchev–Trinajstić information content (AvgIpc) is 3.66. The molecule has 42 heavy (non-hydrogen) atoms. The van der Waals surface area contributed by atoms with E-state index in [1.165, 1.54) is 0 Å². The molecule has 2 saturated heterocycles. The molecule has 0 aromatic heterocycles. The molecule has 8 heteroatoms. The molecule has 1 aromatic rings. The molecule has 1 aromatic carbocycles. The molecule has 2 heterocycles. The number of benzene rings is 1. The molecule has 0 spiro atoms. The lowest BCUT2D eigenvalue weighted by atomic mass is 9.75. The number of carbonyl (C=O) groups excluding carboxylic acids is 2. The molecule has 0 aliphatic carbocycles. The SMILES string of the molecule is CCCCOc1cc(C(C)(C)CCCC(=O)OCC2CCCO2)c(O)cc1C(C)(C)CCCC(=O)OCC1CCCO1. The van der Waals surface area contributed by atoms with Gasteiger partial charge in [-0.05, 0) is 80.8 Å². The molecule has 0 saturated carbocycles. The molecule has 1 N–H and O–H groups in total. The summed E-state index contributed by atoms with van der Waals surface area (Å²) in [5.41, 5.74) is 1.03. The zero-order chi connectivity index (χ0) is 30.6. The molecule has 2 atom stereocenters. The molecular formula is C34H54O8. The monoisotopic (exact) mass is 590 g/mol. The van der Waals surface area contributed by atoms with Crippen LogP contribution in [0.2, 0.25) is 0 Å². The van der Waals surface area contributed by atoms with E-state index in [2.05, 4.69) is 34.6 Å². The molecule has 2 aliphatic rings. The Morgan fingerprint density at radius 3 is 1.83 bits per heavy atom. The van der Waals surface area contributed by atoms with Crippen molar-refractivity contribution >= 4 is 11.9 Å². The maximum absolute atomic E-state index is 12.3. The van der Waals surface area contributed by atoms with E-state index in [0.29, 0.717) is 51.9 Å². The van der Waals surface area contributed by atoms with E-state index in [1.54, 1.807) is 0 Å². The Labute approximate surface area is 252 Å². The van der Waals surface area contributed by atoms with Gasteiger partial charge < -0.3 is 28.8 Å². The first-order chi connectivity index (χ1) is 20.0. The fraction of sp³-hybridized carbons (Fsp3) is 0.765. The van der Waals surface area contributed by atoms with E-state index in [4.69, 9.17) is 23.7 Å². The van der Waals surface area contributed by atoms with E-state index in [-0.39, 0.29) is 40.7 Å². The van der Waals surface area contributed by atoms with Crippen LogP contribution >= 0.6 is 0 Å². The maximum Gasteiger partial charge on any atom is 0.305 e. The predicted molar refractivity (Wildman–Crippen MR) is 162 cm³/mol. The molecule has 3 rings (SSSR count). The zero-order valence-corrected chi connectivity index (χ0v) is 26.6. The smallest absolute Gasteiger partial charge is 0.305 e. The fourth-order valence-corrected chi connectivity index (χ4v) is 5.77. The van der Waals surface area contributed by atoms with Crippen LogP contribution in [0.4, 0.5) is 0 Å². The quantitative estimate of drug-likeness (QED) is 0.145. The van der Waals surface area contributed by atoms with Crippen LogP contribution in [-0.2, 0) is 39.4 Å². The van der Waals surface area contributed by atoms with Crippen LogP contribution in [0.3, 0.4) is 0 Å². The first kappa shape index (κ1) is 34.2. The van der Waals surface area contributed by atoms with Gasteiger partial charge in [-0.2, -0.15) is 0 Å². The highest BCUT2D eigenvalue weighted by Crippen LogP contribution is 2.44. The Morgan fingerprint density at radius 2 is 1.36 bits per heavy atom. The van der Waals surface area contributed by atoms with Crippen LogP contribution in [0.15, 0.2) is 12.1 Å². The number of hydrogen-bond donors (Lipinski definition) is 1. The van der Waals surface area contributed by atoms with Crippen molar-refractivity contribution in [1.82, 2.24) is 0 Å². The average molecular weight is 591 g/mol. The van der Waals surface area contributed by atoms with Crippen molar-refractivity contribution in [1.29, 1.82) is 0 Å². The van der Waals surface area contributed by atoms with Crippen LogP contribution in [-0.4, -0.2) is 62.3 Å². The Hall–Kier alpha value is -2.32. The Bertz CT molecular complexity index is 990. The second-order valence-electron chi connectivity index (χ2n) is 13.2.